The van der Waals surface area contributed by atoms with Gasteiger partial charge in [0.25, 0.3) is 17.5 Å². The number of β-lactam (4-membered cyclic amide) rings is 1. The molecule has 2 amide bonds. The molecule has 1 aliphatic rings. The normalized spacial score (nSPS) is 17.0. The smallest absolute Gasteiger partial charge is 1.00 e. The molecule has 17 nitrogen and oxygen atoms in total. The number of nitriles is 1. The number of benzene rings is 1. The molecule has 0 saturated carbocycles. The Kier molecular flexibility index (Phi) is 10.9. The van der Waals surface area contributed by atoms with Crippen LogP contribution >= 0.6 is 11.3 Å². The van der Waals surface area contributed by atoms with Gasteiger partial charge in [-0.05, 0) is 31.5 Å². The molecule has 1 saturated heterocycles. The largest absolute Gasteiger partial charge is 1.00 e. The minimum Gasteiger partial charge on any atom is -1.00 e. The van der Waals surface area contributed by atoms with Crippen molar-refractivity contribution >= 4 is 56.0 Å². The number of nitro benzene ring substituents is 1. The van der Waals surface area contributed by atoms with E-state index in [1.54, 1.807) is 6.07 Å². The molecule has 1 fully saturated rings. The number of esters is 1. The first-order valence-corrected chi connectivity index (χ1v) is 13.3. The molecule has 0 aliphatic carbocycles. The number of nitrogen functional groups attached to an aromatic ring is 1. The summed E-state index contributed by atoms with van der Waals surface area (Å²) in [6, 6.07) is 4.05. The van der Waals surface area contributed by atoms with Gasteiger partial charge in [-0.3, -0.25) is 24.3 Å². The predicted octanol–water partition coefficient (Wildman–Crippen LogP) is -2.60. The molecule has 2 unspecified atom stereocenters. The fraction of sp³-hybridized carbons (Fsp3) is 0.333. The quantitative estimate of drug-likeness (QED) is 0.0444. The van der Waals surface area contributed by atoms with E-state index < -0.39 is 62.8 Å². The second-order valence-electron chi connectivity index (χ2n) is 8.60. The van der Waals surface area contributed by atoms with E-state index in [2.05, 4.69) is 15.5 Å². The molecule has 4 N–H and O–H groups in total. The summed E-state index contributed by atoms with van der Waals surface area (Å²) in [5, 5.41) is 27.1. The molecule has 41 heavy (non-hydrogen) atoms. The van der Waals surface area contributed by atoms with Crippen molar-refractivity contribution in [3.63, 3.8) is 0 Å². The van der Waals surface area contributed by atoms with Crippen LogP contribution in [-0.2, 0) is 40.9 Å². The third kappa shape index (κ3) is 7.96. The first-order chi connectivity index (χ1) is 18.7. The molecule has 0 bridgehead atoms. The molecule has 214 valence electrons. The van der Waals surface area contributed by atoms with Gasteiger partial charge in [-0.15, -0.1) is 11.3 Å². The first kappa shape index (κ1) is 33.5. The van der Waals surface area contributed by atoms with Crippen LogP contribution in [0.4, 0.5) is 10.8 Å². The third-order valence-electron chi connectivity index (χ3n) is 5.36. The van der Waals surface area contributed by atoms with Crippen molar-refractivity contribution in [2.75, 3.05) is 5.73 Å². The number of hydrogen-bond acceptors (Lipinski definition) is 14. The molecular weight excluding hydrogens is 597 g/mol. The number of oxime groups is 1. The Bertz CT molecular complexity index is 1530. The summed E-state index contributed by atoms with van der Waals surface area (Å²) in [5.41, 5.74) is 3.52. The van der Waals surface area contributed by atoms with Crippen molar-refractivity contribution in [1.82, 2.24) is 14.6 Å². The van der Waals surface area contributed by atoms with Crippen molar-refractivity contribution in [1.29, 1.82) is 5.26 Å². The molecule has 2 atom stereocenters. The molecular formula is C21H22N7NaO10S2. The van der Waals surface area contributed by atoms with Crippen LogP contribution in [-0.4, -0.2) is 68.4 Å². The number of anilines is 1. The minimum atomic E-state index is -4.98. The van der Waals surface area contributed by atoms with Crippen LogP contribution in [0.15, 0.2) is 34.8 Å². The number of aromatic nitrogens is 1. The van der Waals surface area contributed by atoms with Gasteiger partial charge in [-0.25, -0.2) is 14.1 Å². The molecule has 3 rings (SSSR count). The number of carbonyl (C=O) groups excluding carboxylic acids is 3. The van der Waals surface area contributed by atoms with E-state index in [0.717, 1.165) is 11.3 Å². The molecule has 20 heteroatoms. The summed E-state index contributed by atoms with van der Waals surface area (Å²) >= 11 is 0.936. The molecule has 0 spiro atoms. The van der Waals surface area contributed by atoms with Crippen molar-refractivity contribution < 1.29 is 72.8 Å². The first-order valence-electron chi connectivity index (χ1n) is 11.0. The zero-order valence-electron chi connectivity index (χ0n) is 22.7. The van der Waals surface area contributed by atoms with Crippen molar-refractivity contribution in [3.8, 4) is 6.07 Å². The van der Waals surface area contributed by atoms with Gasteiger partial charge in [0.2, 0.25) is 5.60 Å². The van der Waals surface area contributed by atoms with Gasteiger partial charge in [0, 0.05) is 17.5 Å². The number of thiazole rings is 1. The van der Waals surface area contributed by atoms with Crippen LogP contribution in [0, 0.1) is 21.4 Å². The second-order valence-corrected chi connectivity index (χ2v) is 10.8. The van der Waals surface area contributed by atoms with E-state index in [-0.39, 0.29) is 58.4 Å². The monoisotopic (exact) mass is 619 g/mol. The van der Waals surface area contributed by atoms with Gasteiger partial charge >= 0.3 is 45.8 Å². The van der Waals surface area contributed by atoms with E-state index in [9.17, 15) is 37.5 Å². The van der Waals surface area contributed by atoms with Gasteiger partial charge in [-0.2, -0.15) is 13.7 Å². The fourth-order valence-electron chi connectivity index (χ4n) is 3.30. The number of ether oxygens (including phenoxy) is 1. The molecule has 1 aromatic carbocycles. The average molecular weight is 620 g/mol. The number of amides is 2. The van der Waals surface area contributed by atoms with Crippen molar-refractivity contribution in [2.45, 2.75) is 44.6 Å². The van der Waals surface area contributed by atoms with Crippen LogP contribution in [0.1, 0.15) is 33.0 Å². The molecule has 2 aromatic rings. The molecule has 0 radical (unpaired) electrons. The maximum Gasteiger partial charge on any atom is 1.00 e. The summed E-state index contributed by atoms with van der Waals surface area (Å²) in [6.07, 6.45) is -0.531. The Hall–Kier alpha value is -3.67. The van der Waals surface area contributed by atoms with E-state index in [0.29, 0.717) is 5.56 Å². The summed E-state index contributed by atoms with van der Waals surface area (Å²) in [6.45, 7) is 2.31. The van der Waals surface area contributed by atoms with Crippen LogP contribution < -0.4 is 40.6 Å². The number of nitrogens with one attached hydrogen (secondary N) is 1. The summed E-state index contributed by atoms with van der Waals surface area (Å²) in [7, 11) is -4.98. The maximum absolute atomic E-state index is 13.1. The number of carbonyl (C=O) groups is 3. The standard InChI is InChI=1S/C21H21N7O10S2.Na.H/c1-21(2,19(31)37-9-11-3-5-12(6-4-11)28(32)33)38-26-15(13-10-39-20(23)24-13)17(29)25-16-14(7-8-22)27(18(16)30)40(34,35)36;;/h3-6,10,14,16H,7,9H2,1-2H3,(H2,23,24)(H,25,29)(H,34,35,36);;/q;+1;-1/b26-15-;;. The summed E-state index contributed by atoms with van der Waals surface area (Å²) in [4.78, 5) is 57.4. The fourth-order valence-corrected chi connectivity index (χ4v) is 4.73. The Morgan fingerprint density at radius 1 is 1.39 bits per heavy atom. The minimum absolute atomic E-state index is 0. The molecule has 1 aliphatic heterocycles. The topological polar surface area (TPSA) is 258 Å². The SMILES string of the molecule is CC(C)(O/N=C(\C(=O)NC1C(=O)N(S(=O)(=O)O)C1CC#N)c1csc(N)n1)C(=O)OCc1ccc([N+](=O)[O-])cc1.[H-].[Na+]. The van der Waals surface area contributed by atoms with Gasteiger partial charge < -0.3 is 22.1 Å². The zero-order chi connectivity index (χ0) is 29.8. The maximum atomic E-state index is 13.1. The number of nitro groups is 1. The Morgan fingerprint density at radius 2 is 2.02 bits per heavy atom. The number of non-ortho nitro benzene ring substituents is 1. The molecule has 2 heterocycles. The van der Waals surface area contributed by atoms with E-state index in [1.807, 2.05) is 0 Å². The number of rotatable bonds is 11. The Morgan fingerprint density at radius 3 is 2.54 bits per heavy atom. The van der Waals surface area contributed by atoms with Crippen molar-refractivity contribution in [3.05, 3.63) is 51.0 Å². The van der Waals surface area contributed by atoms with Crippen LogP contribution in [0.2, 0.25) is 0 Å². The number of nitrogens with two attached hydrogens (primary N) is 1. The van der Waals surface area contributed by atoms with Crippen molar-refractivity contribution in [2.24, 2.45) is 5.16 Å². The zero-order valence-corrected chi connectivity index (χ0v) is 25.3. The Balaban J connectivity index is 0.00000441. The second kappa shape index (κ2) is 13.3. The van der Waals surface area contributed by atoms with Crippen LogP contribution in [0.3, 0.4) is 0 Å². The van der Waals surface area contributed by atoms with Gasteiger partial charge in [0.1, 0.15) is 18.3 Å². The average Bonchev–Trinajstić information content (AvgIpc) is 3.30. The van der Waals surface area contributed by atoms with Crippen LogP contribution in [0.5, 0.6) is 0 Å². The summed E-state index contributed by atoms with van der Waals surface area (Å²) < 4.78 is 37.4. The number of nitrogens with zero attached hydrogens (tertiary/aromatic N) is 5. The van der Waals surface area contributed by atoms with Gasteiger partial charge in [0.15, 0.2) is 10.8 Å². The van der Waals surface area contributed by atoms with Gasteiger partial charge in [-0.1, -0.05) is 5.16 Å². The van der Waals surface area contributed by atoms with E-state index in [4.69, 9.17) is 20.6 Å². The Labute approximate surface area is 260 Å². The molecule has 1 aromatic heterocycles. The predicted molar refractivity (Wildman–Crippen MR) is 137 cm³/mol. The number of hydrogen-bond donors (Lipinski definition) is 3. The third-order valence-corrected chi connectivity index (χ3v) is 6.98. The van der Waals surface area contributed by atoms with E-state index >= 15 is 0 Å². The van der Waals surface area contributed by atoms with E-state index in [1.165, 1.54) is 43.5 Å². The van der Waals surface area contributed by atoms with Gasteiger partial charge in [0.05, 0.1) is 23.5 Å². The summed E-state index contributed by atoms with van der Waals surface area (Å²) in [5.74, 6) is -3.19. The van der Waals surface area contributed by atoms with Crippen LogP contribution in [0.25, 0.3) is 0 Å².